The topological polar surface area (TPSA) is 38.3 Å². The predicted molar refractivity (Wildman–Crippen MR) is 74.4 cm³/mol. The maximum atomic E-state index is 11.4. The van der Waals surface area contributed by atoms with Crippen LogP contribution in [0.15, 0.2) is 0 Å². The number of hydrogen-bond acceptors (Lipinski definition) is 3. The van der Waals surface area contributed by atoms with Gasteiger partial charge in [0.25, 0.3) is 0 Å². The quantitative estimate of drug-likeness (QED) is 0.742. The van der Waals surface area contributed by atoms with Crippen molar-refractivity contribution in [3.8, 4) is 0 Å². The van der Waals surface area contributed by atoms with E-state index in [0.717, 1.165) is 18.4 Å². The Balaban J connectivity index is 2.18. The molecule has 0 amide bonds. The Morgan fingerprint density at radius 1 is 1.39 bits per heavy atom. The summed E-state index contributed by atoms with van der Waals surface area (Å²) >= 11 is 0. The molecule has 106 valence electrons. The van der Waals surface area contributed by atoms with E-state index in [1.165, 1.54) is 39.2 Å². The number of ether oxygens (including phenoxy) is 1. The summed E-state index contributed by atoms with van der Waals surface area (Å²) in [6.07, 6.45) is 6.79. The van der Waals surface area contributed by atoms with Gasteiger partial charge in [0.2, 0.25) is 0 Å². The van der Waals surface area contributed by atoms with Crippen LogP contribution in [0, 0.1) is 17.8 Å². The van der Waals surface area contributed by atoms with E-state index in [9.17, 15) is 4.79 Å². The Labute approximate surface area is 112 Å². The molecule has 3 heteroatoms. The van der Waals surface area contributed by atoms with Crippen LogP contribution in [0.25, 0.3) is 0 Å². The molecule has 1 N–H and O–H groups in total. The molecule has 0 radical (unpaired) electrons. The van der Waals surface area contributed by atoms with Gasteiger partial charge in [-0.2, -0.15) is 0 Å². The second-order valence-electron chi connectivity index (χ2n) is 5.98. The van der Waals surface area contributed by atoms with Gasteiger partial charge in [0, 0.05) is 6.04 Å². The molecule has 4 atom stereocenters. The molecule has 0 bridgehead atoms. The Morgan fingerprint density at radius 3 is 2.72 bits per heavy atom. The Kier molecular flexibility index (Phi) is 6.69. The number of nitrogens with one attached hydrogen (secondary N) is 1. The Morgan fingerprint density at radius 2 is 2.11 bits per heavy atom. The third-order valence-electron chi connectivity index (χ3n) is 4.39. The number of carbonyl (C=O) groups is 1. The van der Waals surface area contributed by atoms with Gasteiger partial charge in [0.1, 0.15) is 0 Å². The lowest BCUT2D eigenvalue weighted by Gasteiger charge is -2.27. The van der Waals surface area contributed by atoms with Gasteiger partial charge < -0.3 is 10.1 Å². The first-order chi connectivity index (χ1) is 8.54. The normalized spacial score (nSPS) is 27.6. The maximum absolute atomic E-state index is 11.4. The number of carbonyl (C=O) groups excluding carboxylic acids is 1. The molecule has 0 spiro atoms. The van der Waals surface area contributed by atoms with Crippen molar-refractivity contribution in [1.82, 2.24) is 5.32 Å². The highest BCUT2D eigenvalue weighted by Gasteiger charge is 2.22. The fourth-order valence-corrected chi connectivity index (χ4v) is 2.90. The summed E-state index contributed by atoms with van der Waals surface area (Å²) < 4.78 is 4.76. The minimum Gasteiger partial charge on any atom is -0.469 e. The Hall–Kier alpha value is -0.570. The summed E-state index contributed by atoms with van der Waals surface area (Å²) in [5.41, 5.74) is 0. The zero-order valence-electron chi connectivity index (χ0n) is 12.4. The molecule has 0 saturated heterocycles. The summed E-state index contributed by atoms with van der Waals surface area (Å²) in [5, 5.41) is 3.46. The van der Waals surface area contributed by atoms with Gasteiger partial charge >= 0.3 is 5.97 Å². The van der Waals surface area contributed by atoms with Crippen LogP contribution in [0.1, 0.15) is 52.9 Å². The number of esters is 1. The van der Waals surface area contributed by atoms with Crippen molar-refractivity contribution in [1.29, 1.82) is 0 Å². The summed E-state index contributed by atoms with van der Waals surface area (Å²) in [5.74, 6) is 1.58. The van der Waals surface area contributed by atoms with Crippen molar-refractivity contribution in [2.75, 3.05) is 13.7 Å². The highest BCUT2D eigenvalue weighted by atomic mass is 16.5. The van der Waals surface area contributed by atoms with Gasteiger partial charge in [-0.25, -0.2) is 0 Å². The maximum Gasteiger partial charge on any atom is 0.309 e. The average Bonchev–Trinajstić information content (AvgIpc) is 2.36. The molecule has 3 nitrogen and oxygen atoms in total. The van der Waals surface area contributed by atoms with Crippen LogP contribution in [0.4, 0.5) is 0 Å². The standard InChI is InChI=1S/C15H29NO2/c1-11-6-5-7-14(10-11)8-9-16-13(3)12(2)15(17)18-4/h11-14,16H,5-10H2,1-4H3. The van der Waals surface area contributed by atoms with Crippen LogP contribution >= 0.6 is 0 Å². The average molecular weight is 255 g/mol. The van der Waals surface area contributed by atoms with Crippen molar-refractivity contribution in [3.63, 3.8) is 0 Å². The van der Waals surface area contributed by atoms with Crippen molar-refractivity contribution >= 4 is 5.97 Å². The van der Waals surface area contributed by atoms with Gasteiger partial charge in [-0.1, -0.05) is 33.1 Å². The lowest BCUT2D eigenvalue weighted by molar-refractivity contribution is -0.145. The van der Waals surface area contributed by atoms with E-state index in [-0.39, 0.29) is 17.9 Å². The zero-order chi connectivity index (χ0) is 13.5. The molecular formula is C15H29NO2. The van der Waals surface area contributed by atoms with E-state index >= 15 is 0 Å². The van der Waals surface area contributed by atoms with Crippen molar-refractivity contribution in [2.45, 2.75) is 58.9 Å². The SMILES string of the molecule is COC(=O)C(C)C(C)NCCC1CCCC(C)C1. The molecule has 1 aliphatic rings. The lowest BCUT2D eigenvalue weighted by Crippen LogP contribution is -2.38. The fraction of sp³-hybridized carbons (Fsp3) is 0.933. The molecule has 1 aliphatic carbocycles. The van der Waals surface area contributed by atoms with Gasteiger partial charge in [0.05, 0.1) is 13.0 Å². The minimum atomic E-state index is -0.124. The van der Waals surface area contributed by atoms with Gasteiger partial charge in [0.15, 0.2) is 0 Å². The van der Waals surface area contributed by atoms with Gasteiger partial charge in [-0.05, 0) is 38.1 Å². The second kappa shape index (κ2) is 7.78. The first-order valence-electron chi connectivity index (χ1n) is 7.35. The molecule has 1 saturated carbocycles. The molecule has 0 aliphatic heterocycles. The molecule has 0 heterocycles. The van der Waals surface area contributed by atoms with E-state index in [4.69, 9.17) is 4.74 Å². The van der Waals surface area contributed by atoms with E-state index in [2.05, 4.69) is 19.2 Å². The van der Waals surface area contributed by atoms with Gasteiger partial charge in [-0.15, -0.1) is 0 Å². The predicted octanol–water partition coefficient (Wildman–Crippen LogP) is 2.99. The molecular weight excluding hydrogens is 226 g/mol. The van der Waals surface area contributed by atoms with Crippen LogP contribution in [0.5, 0.6) is 0 Å². The first kappa shape index (κ1) is 15.5. The van der Waals surface area contributed by atoms with Crippen LogP contribution in [-0.2, 0) is 9.53 Å². The van der Waals surface area contributed by atoms with Gasteiger partial charge in [-0.3, -0.25) is 4.79 Å². The third-order valence-corrected chi connectivity index (χ3v) is 4.39. The summed E-state index contributed by atoms with van der Waals surface area (Å²) in [4.78, 5) is 11.4. The molecule has 1 fully saturated rings. The number of hydrogen-bond donors (Lipinski definition) is 1. The van der Waals surface area contributed by atoms with E-state index in [1.54, 1.807) is 0 Å². The zero-order valence-corrected chi connectivity index (χ0v) is 12.4. The Bertz CT molecular complexity index is 255. The molecule has 18 heavy (non-hydrogen) atoms. The minimum absolute atomic E-state index is 0.0692. The molecule has 0 aromatic heterocycles. The van der Waals surface area contributed by atoms with E-state index in [0.29, 0.717) is 0 Å². The molecule has 0 aromatic carbocycles. The van der Waals surface area contributed by atoms with Crippen LogP contribution < -0.4 is 5.32 Å². The summed E-state index contributed by atoms with van der Waals surface area (Å²) in [7, 11) is 1.45. The lowest BCUT2D eigenvalue weighted by atomic mass is 9.81. The van der Waals surface area contributed by atoms with E-state index < -0.39 is 0 Å². The monoisotopic (exact) mass is 255 g/mol. The summed E-state index contributed by atoms with van der Waals surface area (Å²) in [6, 6.07) is 0.193. The van der Waals surface area contributed by atoms with Crippen molar-refractivity contribution in [2.24, 2.45) is 17.8 Å². The molecule has 0 aromatic rings. The second-order valence-corrected chi connectivity index (χ2v) is 5.98. The van der Waals surface area contributed by atoms with Crippen molar-refractivity contribution < 1.29 is 9.53 Å². The molecule has 1 rings (SSSR count). The smallest absolute Gasteiger partial charge is 0.309 e. The summed E-state index contributed by atoms with van der Waals surface area (Å²) in [6.45, 7) is 7.36. The fourth-order valence-electron chi connectivity index (χ4n) is 2.90. The molecule has 4 unspecified atom stereocenters. The highest BCUT2D eigenvalue weighted by molar-refractivity contribution is 5.72. The first-order valence-corrected chi connectivity index (χ1v) is 7.35. The van der Waals surface area contributed by atoms with E-state index in [1.807, 2.05) is 6.92 Å². The van der Waals surface area contributed by atoms with Crippen LogP contribution in [0.3, 0.4) is 0 Å². The van der Waals surface area contributed by atoms with Crippen molar-refractivity contribution in [3.05, 3.63) is 0 Å². The van der Waals surface area contributed by atoms with Crippen LogP contribution in [0.2, 0.25) is 0 Å². The third kappa shape index (κ3) is 4.97. The van der Waals surface area contributed by atoms with Crippen LogP contribution in [-0.4, -0.2) is 25.7 Å². The number of rotatable bonds is 6. The highest BCUT2D eigenvalue weighted by Crippen LogP contribution is 2.30. The largest absolute Gasteiger partial charge is 0.469 e. The number of methoxy groups -OCH3 is 1.